The summed E-state index contributed by atoms with van der Waals surface area (Å²) in [7, 11) is 0. The van der Waals surface area contributed by atoms with Crippen LogP contribution in [0.2, 0.25) is 0 Å². The van der Waals surface area contributed by atoms with Gasteiger partial charge < -0.3 is 9.47 Å². The molecule has 25 heavy (non-hydrogen) atoms. The van der Waals surface area contributed by atoms with Gasteiger partial charge in [0.05, 0.1) is 13.2 Å². The largest absolute Gasteiger partial charge is 0.352 e. The highest BCUT2D eigenvalue weighted by Gasteiger charge is 2.25. The predicted octanol–water partition coefficient (Wildman–Crippen LogP) is 6.70. The van der Waals surface area contributed by atoms with Gasteiger partial charge >= 0.3 is 0 Å². The standard InChI is InChI=1S/C21H36F2O2/c1-2-3-4-6-17-9-11-18(12-10-17)13-14-21-24-15-19(16-25-21)7-5-8-20(22)23/h8,17-19,21H,2-7,9-16H2,1H3. The van der Waals surface area contributed by atoms with Gasteiger partial charge in [0.1, 0.15) is 0 Å². The molecule has 0 aromatic carbocycles. The van der Waals surface area contributed by atoms with Gasteiger partial charge in [-0.25, -0.2) is 0 Å². The van der Waals surface area contributed by atoms with Crippen molar-refractivity contribution in [2.24, 2.45) is 17.8 Å². The highest BCUT2D eigenvalue weighted by Crippen LogP contribution is 2.35. The molecular formula is C21H36F2O2. The van der Waals surface area contributed by atoms with Gasteiger partial charge in [-0.15, -0.1) is 0 Å². The van der Waals surface area contributed by atoms with Gasteiger partial charge in [-0.1, -0.05) is 58.3 Å². The highest BCUT2D eigenvalue weighted by molar-refractivity contribution is 4.81. The molecule has 2 aliphatic rings. The van der Waals surface area contributed by atoms with Crippen molar-refractivity contribution in [3.8, 4) is 0 Å². The quantitative estimate of drug-likeness (QED) is 0.404. The number of hydrogen-bond donors (Lipinski definition) is 0. The van der Waals surface area contributed by atoms with Crippen LogP contribution in [0.1, 0.15) is 84.0 Å². The molecule has 0 amide bonds. The number of unbranched alkanes of at least 4 members (excludes halogenated alkanes) is 2. The maximum Gasteiger partial charge on any atom is 0.266 e. The fraction of sp³-hybridized carbons (Fsp3) is 0.905. The number of allylic oxidation sites excluding steroid dienone is 1. The predicted molar refractivity (Wildman–Crippen MR) is 97.5 cm³/mol. The SMILES string of the molecule is CCCCCC1CCC(CCC2OCC(CCC=C(F)F)CO2)CC1. The lowest BCUT2D eigenvalue weighted by Gasteiger charge is -2.32. The maximum atomic E-state index is 12.0. The van der Waals surface area contributed by atoms with Crippen LogP contribution >= 0.6 is 0 Å². The molecule has 4 heteroatoms. The Hall–Kier alpha value is -0.480. The van der Waals surface area contributed by atoms with Crippen LogP contribution in [-0.2, 0) is 9.47 Å². The van der Waals surface area contributed by atoms with E-state index in [2.05, 4.69) is 6.92 Å². The summed E-state index contributed by atoms with van der Waals surface area (Å²) in [5, 5.41) is 0. The second kappa shape index (κ2) is 12.0. The Bertz CT molecular complexity index is 366. The summed E-state index contributed by atoms with van der Waals surface area (Å²) < 4.78 is 35.6. The van der Waals surface area contributed by atoms with Crippen LogP contribution in [-0.4, -0.2) is 19.5 Å². The van der Waals surface area contributed by atoms with E-state index in [0.717, 1.165) is 24.3 Å². The third kappa shape index (κ3) is 8.63. The Balaban J connectivity index is 1.51. The van der Waals surface area contributed by atoms with Crippen molar-refractivity contribution in [2.45, 2.75) is 90.3 Å². The van der Waals surface area contributed by atoms with Crippen LogP contribution in [0.5, 0.6) is 0 Å². The van der Waals surface area contributed by atoms with Gasteiger partial charge in [-0.2, -0.15) is 8.78 Å². The monoisotopic (exact) mass is 358 g/mol. The zero-order chi connectivity index (χ0) is 17.9. The van der Waals surface area contributed by atoms with Gasteiger partial charge in [0.15, 0.2) is 6.29 Å². The van der Waals surface area contributed by atoms with Crippen LogP contribution in [0.4, 0.5) is 8.78 Å². The van der Waals surface area contributed by atoms with E-state index in [0.29, 0.717) is 26.1 Å². The second-order valence-corrected chi connectivity index (χ2v) is 7.99. The summed E-state index contributed by atoms with van der Waals surface area (Å²) in [4.78, 5) is 0. The highest BCUT2D eigenvalue weighted by atomic mass is 19.3. The Kier molecular flexibility index (Phi) is 10.0. The first kappa shape index (κ1) is 20.8. The Morgan fingerprint density at radius 2 is 1.48 bits per heavy atom. The summed E-state index contributed by atoms with van der Waals surface area (Å²) in [6.07, 6.45) is 13.7. The molecule has 1 aliphatic carbocycles. The first-order chi connectivity index (χ1) is 12.2. The topological polar surface area (TPSA) is 18.5 Å². The van der Waals surface area contributed by atoms with E-state index in [1.165, 1.54) is 57.8 Å². The fourth-order valence-electron chi connectivity index (χ4n) is 4.21. The van der Waals surface area contributed by atoms with E-state index in [1.54, 1.807) is 0 Å². The summed E-state index contributed by atoms with van der Waals surface area (Å²) in [6, 6.07) is 0. The lowest BCUT2D eigenvalue weighted by Crippen LogP contribution is -2.32. The van der Waals surface area contributed by atoms with Crippen LogP contribution in [0.25, 0.3) is 0 Å². The summed E-state index contributed by atoms with van der Waals surface area (Å²) in [6.45, 7) is 3.57. The molecule has 0 unspecified atom stereocenters. The zero-order valence-electron chi connectivity index (χ0n) is 15.9. The Labute approximate surface area is 152 Å². The van der Waals surface area contributed by atoms with Crippen molar-refractivity contribution < 1.29 is 18.3 Å². The van der Waals surface area contributed by atoms with Gasteiger partial charge in [-0.05, 0) is 43.6 Å². The lowest BCUT2D eigenvalue weighted by atomic mass is 9.78. The van der Waals surface area contributed by atoms with Crippen LogP contribution in [0.3, 0.4) is 0 Å². The molecular weight excluding hydrogens is 322 g/mol. The van der Waals surface area contributed by atoms with Crippen LogP contribution < -0.4 is 0 Å². The smallest absolute Gasteiger partial charge is 0.266 e. The molecule has 1 aliphatic heterocycles. The van der Waals surface area contributed by atoms with Crippen LogP contribution in [0, 0.1) is 17.8 Å². The number of hydrogen-bond acceptors (Lipinski definition) is 2. The first-order valence-electron chi connectivity index (χ1n) is 10.4. The van der Waals surface area contributed by atoms with Gasteiger partial charge in [-0.3, -0.25) is 0 Å². The molecule has 2 rings (SSSR count). The summed E-state index contributed by atoms with van der Waals surface area (Å²) >= 11 is 0. The molecule has 1 heterocycles. The molecule has 0 bridgehead atoms. The Morgan fingerprint density at radius 3 is 2.08 bits per heavy atom. The average Bonchev–Trinajstić information content (AvgIpc) is 2.62. The van der Waals surface area contributed by atoms with E-state index in [4.69, 9.17) is 9.47 Å². The number of rotatable bonds is 10. The van der Waals surface area contributed by atoms with Crippen molar-refractivity contribution in [3.05, 3.63) is 12.2 Å². The average molecular weight is 359 g/mol. The van der Waals surface area contributed by atoms with Crippen LogP contribution in [0.15, 0.2) is 12.2 Å². The zero-order valence-corrected chi connectivity index (χ0v) is 15.9. The third-order valence-corrected chi connectivity index (χ3v) is 5.90. The van der Waals surface area contributed by atoms with Crippen molar-refractivity contribution in [3.63, 3.8) is 0 Å². The minimum atomic E-state index is -1.59. The third-order valence-electron chi connectivity index (χ3n) is 5.90. The Morgan fingerprint density at radius 1 is 0.840 bits per heavy atom. The number of halogens is 2. The molecule has 2 nitrogen and oxygen atoms in total. The van der Waals surface area contributed by atoms with Gasteiger partial charge in [0.2, 0.25) is 0 Å². The maximum absolute atomic E-state index is 12.0. The molecule has 0 N–H and O–H groups in total. The summed E-state index contributed by atoms with van der Waals surface area (Å²) in [5.41, 5.74) is 0. The minimum absolute atomic E-state index is 0.0769. The molecule has 1 saturated heterocycles. The minimum Gasteiger partial charge on any atom is -0.352 e. The first-order valence-corrected chi connectivity index (χ1v) is 10.4. The molecule has 1 saturated carbocycles. The van der Waals surface area contributed by atoms with Gasteiger partial charge in [0.25, 0.3) is 6.08 Å². The van der Waals surface area contributed by atoms with Crippen molar-refractivity contribution >= 4 is 0 Å². The van der Waals surface area contributed by atoms with E-state index in [1.807, 2.05) is 0 Å². The van der Waals surface area contributed by atoms with Gasteiger partial charge in [0, 0.05) is 5.92 Å². The molecule has 0 spiro atoms. The normalized spacial score (nSPS) is 30.2. The fourth-order valence-corrected chi connectivity index (χ4v) is 4.21. The molecule has 0 radical (unpaired) electrons. The van der Waals surface area contributed by atoms with E-state index in [-0.39, 0.29) is 12.2 Å². The lowest BCUT2D eigenvalue weighted by molar-refractivity contribution is -0.205. The molecule has 0 atom stereocenters. The summed E-state index contributed by atoms with van der Waals surface area (Å²) in [5.74, 6) is 2.06. The molecule has 2 fully saturated rings. The molecule has 0 aromatic heterocycles. The molecule has 146 valence electrons. The second-order valence-electron chi connectivity index (χ2n) is 7.99. The molecule has 0 aromatic rings. The van der Waals surface area contributed by atoms with Crippen molar-refractivity contribution in [1.29, 1.82) is 0 Å². The van der Waals surface area contributed by atoms with Crippen molar-refractivity contribution in [1.82, 2.24) is 0 Å². The van der Waals surface area contributed by atoms with Crippen molar-refractivity contribution in [2.75, 3.05) is 13.2 Å². The van der Waals surface area contributed by atoms with E-state index in [9.17, 15) is 8.78 Å². The number of ether oxygens (including phenoxy) is 2. The van der Waals surface area contributed by atoms with E-state index >= 15 is 0 Å². The van der Waals surface area contributed by atoms with E-state index < -0.39 is 6.08 Å².